The van der Waals surface area contributed by atoms with E-state index in [4.69, 9.17) is 10.2 Å². The molecular formula is C8H14N2O. The summed E-state index contributed by atoms with van der Waals surface area (Å²) in [5.74, 6) is 1.72. The van der Waals surface area contributed by atoms with Crippen LogP contribution in [0.15, 0.2) is 4.42 Å². The predicted octanol–water partition coefficient (Wildman–Crippen LogP) is 1.18. The second-order valence-electron chi connectivity index (χ2n) is 2.64. The van der Waals surface area contributed by atoms with Gasteiger partial charge in [0, 0.05) is 6.42 Å². The number of hydrogen-bond acceptors (Lipinski definition) is 3. The van der Waals surface area contributed by atoms with E-state index in [-0.39, 0.29) is 0 Å². The van der Waals surface area contributed by atoms with Crippen molar-refractivity contribution >= 4 is 0 Å². The van der Waals surface area contributed by atoms with E-state index in [0.29, 0.717) is 6.54 Å². The van der Waals surface area contributed by atoms with Gasteiger partial charge in [0.15, 0.2) is 5.89 Å². The van der Waals surface area contributed by atoms with Gasteiger partial charge in [0.25, 0.3) is 0 Å². The molecule has 1 rings (SSSR count). The number of nitrogens with two attached hydrogens (primary N) is 1. The van der Waals surface area contributed by atoms with Crippen LogP contribution in [0, 0.1) is 13.8 Å². The molecule has 1 aromatic rings. The van der Waals surface area contributed by atoms with Gasteiger partial charge in [-0.3, -0.25) is 0 Å². The molecule has 0 saturated heterocycles. The van der Waals surface area contributed by atoms with Crippen LogP contribution in [-0.4, -0.2) is 11.5 Å². The lowest BCUT2D eigenvalue weighted by Crippen LogP contribution is -2.00. The fourth-order valence-electron chi connectivity index (χ4n) is 0.899. The minimum Gasteiger partial charge on any atom is -0.446 e. The van der Waals surface area contributed by atoms with Gasteiger partial charge in [0.2, 0.25) is 0 Å². The summed E-state index contributed by atoms with van der Waals surface area (Å²) in [6, 6.07) is 0. The lowest BCUT2D eigenvalue weighted by atomic mass is 10.3. The fourth-order valence-corrected chi connectivity index (χ4v) is 0.899. The quantitative estimate of drug-likeness (QED) is 0.711. The standard InChI is InChI=1S/C8H14N2O/c1-6-7(2)11-8(10-6)4-3-5-9/h3-5,9H2,1-2H3. The van der Waals surface area contributed by atoms with Crippen molar-refractivity contribution < 1.29 is 4.42 Å². The van der Waals surface area contributed by atoms with Crippen molar-refractivity contribution in [1.82, 2.24) is 4.98 Å². The summed E-state index contributed by atoms with van der Waals surface area (Å²) >= 11 is 0. The van der Waals surface area contributed by atoms with E-state index in [1.54, 1.807) is 0 Å². The van der Waals surface area contributed by atoms with Gasteiger partial charge >= 0.3 is 0 Å². The van der Waals surface area contributed by atoms with Crippen LogP contribution in [0.4, 0.5) is 0 Å². The molecule has 3 heteroatoms. The van der Waals surface area contributed by atoms with Crippen LogP contribution in [0.25, 0.3) is 0 Å². The van der Waals surface area contributed by atoms with E-state index in [9.17, 15) is 0 Å². The zero-order valence-electron chi connectivity index (χ0n) is 7.05. The highest BCUT2D eigenvalue weighted by molar-refractivity contribution is 5.05. The van der Waals surface area contributed by atoms with E-state index in [2.05, 4.69) is 4.98 Å². The van der Waals surface area contributed by atoms with Crippen molar-refractivity contribution in [2.24, 2.45) is 5.73 Å². The molecule has 2 N–H and O–H groups in total. The Labute approximate surface area is 66.6 Å². The third kappa shape index (κ3) is 2.05. The molecule has 1 heterocycles. The Kier molecular flexibility index (Phi) is 2.65. The molecule has 0 amide bonds. The van der Waals surface area contributed by atoms with Crippen LogP contribution < -0.4 is 5.73 Å². The molecule has 0 aliphatic rings. The van der Waals surface area contributed by atoms with Crippen LogP contribution >= 0.6 is 0 Å². The van der Waals surface area contributed by atoms with Crippen molar-refractivity contribution in [2.45, 2.75) is 26.7 Å². The SMILES string of the molecule is Cc1nc(CCCN)oc1C. The summed E-state index contributed by atoms with van der Waals surface area (Å²) in [7, 11) is 0. The van der Waals surface area contributed by atoms with Gasteiger partial charge in [-0.25, -0.2) is 4.98 Å². The Morgan fingerprint density at radius 1 is 1.45 bits per heavy atom. The molecule has 0 saturated carbocycles. The van der Waals surface area contributed by atoms with Crippen molar-refractivity contribution in [3.8, 4) is 0 Å². The largest absolute Gasteiger partial charge is 0.446 e. The van der Waals surface area contributed by atoms with Crippen molar-refractivity contribution in [3.05, 3.63) is 17.3 Å². The van der Waals surface area contributed by atoms with Gasteiger partial charge in [-0.05, 0) is 26.8 Å². The Balaban J connectivity index is 2.58. The molecule has 3 nitrogen and oxygen atoms in total. The Bertz CT molecular complexity index is 210. The molecule has 0 fully saturated rings. The first-order valence-electron chi connectivity index (χ1n) is 3.87. The molecule has 0 spiro atoms. The molecule has 0 atom stereocenters. The van der Waals surface area contributed by atoms with Crippen molar-refractivity contribution in [3.63, 3.8) is 0 Å². The second kappa shape index (κ2) is 3.53. The third-order valence-electron chi connectivity index (χ3n) is 1.67. The lowest BCUT2D eigenvalue weighted by Gasteiger charge is -1.89. The summed E-state index contributed by atoms with van der Waals surface area (Å²) in [5, 5.41) is 0. The van der Waals surface area contributed by atoms with Crippen LogP contribution in [0.5, 0.6) is 0 Å². The number of hydrogen-bond donors (Lipinski definition) is 1. The Hall–Kier alpha value is -0.830. The zero-order valence-corrected chi connectivity index (χ0v) is 7.05. The average molecular weight is 154 g/mol. The highest BCUT2D eigenvalue weighted by atomic mass is 16.4. The number of oxazole rings is 1. The van der Waals surface area contributed by atoms with Gasteiger partial charge in [-0.1, -0.05) is 0 Å². The molecule has 11 heavy (non-hydrogen) atoms. The van der Waals surface area contributed by atoms with Crippen LogP contribution in [0.3, 0.4) is 0 Å². The van der Waals surface area contributed by atoms with E-state index in [0.717, 1.165) is 30.2 Å². The fraction of sp³-hybridized carbons (Fsp3) is 0.625. The first kappa shape index (κ1) is 8.27. The van der Waals surface area contributed by atoms with Gasteiger partial charge in [-0.15, -0.1) is 0 Å². The normalized spacial score (nSPS) is 10.5. The maximum absolute atomic E-state index is 5.35. The van der Waals surface area contributed by atoms with Gasteiger partial charge in [-0.2, -0.15) is 0 Å². The lowest BCUT2D eigenvalue weighted by molar-refractivity contribution is 0.465. The molecule has 0 bridgehead atoms. The summed E-state index contributed by atoms with van der Waals surface area (Å²) in [5.41, 5.74) is 6.34. The summed E-state index contributed by atoms with van der Waals surface area (Å²) < 4.78 is 5.35. The maximum atomic E-state index is 5.35. The highest BCUT2D eigenvalue weighted by Crippen LogP contribution is 2.09. The summed E-state index contributed by atoms with van der Waals surface area (Å²) in [6.07, 6.45) is 1.80. The molecule has 0 aromatic carbocycles. The van der Waals surface area contributed by atoms with E-state index < -0.39 is 0 Å². The average Bonchev–Trinajstić information content (AvgIpc) is 2.28. The van der Waals surface area contributed by atoms with E-state index >= 15 is 0 Å². The van der Waals surface area contributed by atoms with E-state index in [1.165, 1.54) is 0 Å². The molecule has 1 aromatic heterocycles. The predicted molar refractivity (Wildman–Crippen MR) is 43.4 cm³/mol. The summed E-state index contributed by atoms with van der Waals surface area (Å²) in [6.45, 7) is 4.57. The first-order chi connectivity index (χ1) is 5.24. The van der Waals surface area contributed by atoms with Gasteiger partial charge in [0.1, 0.15) is 5.76 Å². The van der Waals surface area contributed by atoms with E-state index in [1.807, 2.05) is 13.8 Å². The molecule has 62 valence electrons. The molecule has 0 unspecified atom stereocenters. The topological polar surface area (TPSA) is 52.0 Å². The van der Waals surface area contributed by atoms with Crippen LogP contribution in [0.2, 0.25) is 0 Å². The van der Waals surface area contributed by atoms with Crippen molar-refractivity contribution in [1.29, 1.82) is 0 Å². The number of aromatic nitrogens is 1. The molecule has 0 aliphatic carbocycles. The van der Waals surface area contributed by atoms with Crippen LogP contribution in [-0.2, 0) is 6.42 Å². The summed E-state index contributed by atoms with van der Waals surface area (Å²) in [4.78, 5) is 4.23. The highest BCUT2D eigenvalue weighted by Gasteiger charge is 2.03. The third-order valence-corrected chi connectivity index (χ3v) is 1.67. The molecular weight excluding hydrogens is 140 g/mol. The first-order valence-corrected chi connectivity index (χ1v) is 3.87. The van der Waals surface area contributed by atoms with Crippen molar-refractivity contribution in [2.75, 3.05) is 6.54 Å². The zero-order chi connectivity index (χ0) is 8.27. The Morgan fingerprint density at radius 3 is 2.64 bits per heavy atom. The van der Waals surface area contributed by atoms with Gasteiger partial charge < -0.3 is 10.2 Å². The smallest absolute Gasteiger partial charge is 0.194 e. The van der Waals surface area contributed by atoms with Gasteiger partial charge in [0.05, 0.1) is 5.69 Å². The second-order valence-corrected chi connectivity index (χ2v) is 2.64. The maximum Gasteiger partial charge on any atom is 0.194 e. The minimum atomic E-state index is 0.695. The molecule has 0 aliphatic heterocycles. The van der Waals surface area contributed by atoms with Crippen LogP contribution in [0.1, 0.15) is 23.8 Å². The molecule has 0 radical (unpaired) electrons. The number of aryl methyl sites for hydroxylation is 3. The Morgan fingerprint density at radius 2 is 2.18 bits per heavy atom. The minimum absolute atomic E-state index is 0.695. The number of nitrogens with zero attached hydrogens (tertiary/aromatic N) is 1. The monoisotopic (exact) mass is 154 g/mol. The number of rotatable bonds is 3.